The van der Waals surface area contributed by atoms with Crippen LogP contribution in [0.2, 0.25) is 0 Å². The molecule has 1 saturated heterocycles. The zero-order chi connectivity index (χ0) is 11.5. The van der Waals surface area contributed by atoms with Crippen molar-refractivity contribution in [3.05, 3.63) is 0 Å². The predicted molar refractivity (Wildman–Crippen MR) is 60.1 cm³/mol. The van der Waals surface area contributed by atoms with Gasteiger partial charge in [0.15, 0.2) is 0 Å². The van der Waals surface area contributed by atoms with E-state index < -0.39 is 5.97 Å². The minimum Gasteiger partial charge on any atom is -0.481 e. The predicted octanol–water partition coefficient (Wildman–Crippen LogP) is 0.944. The fourth-order valence-corrected chi connectivity index (χ4v) is 2.57. The molecule has 4 nitrogen and oxygen atoms in total. The van der Waals surface area contributed by atoms with Crippen LogP contribution >= 0.6 is 0 Å². The lowest BCUT2D eigenvalue weighted by Crippen LogP contribution is -2.44. The first-order chi connectivity index (χ1) is 7.65. The third kappa shape index (κ3) is 3.46. The zero-order valence-corrected chi connectivity index (χ0v) is 9.64. The maximum absolute atomic E-state index is 10.5. The molecule has 0 radical (unpaired) electrons. The van der Waals surface area contributed by atoms with Crippen LogP contribution in [0, 0.1) is 11.8 Å². The lowest BCUT2D eigenvalue weighted by atomic mass is 9.90. The molecule has 1 heterocycles. The molecule has 1 aliphatic heterocycles. The summed E-state index contributed by atoms with van der Waals surface area (Å²) in [4.78, 5) is 12.7. The van der Waals surface area contributed by atoms with E-state index in [0.29, 0.717) is 12.5 Å². The smallest absolute Gasteiger partial charge is 0.304 e. The summed E-state index contributed by atoms with van der Waals surface area (Å²) in [6.07, 6.45) is 4.62. The van der Waals surface area contributed by atoms with E-state index in [-0.39, 0.29) is 12.5 Å². The molecule has 0 aromatic heterocycles. The monoisotopic (exact) mass is 227 g/mol. The zero-order valence-electron chi connectivity index (χ0n) is 9.64. The summed E-state index contributed by atoms with van der Waals surface area (Å²) in [5, 5.41) is 18.5. The van der Waals surface area contributed by atoms with Crippen molar-refractivity contribution >= 4 is 5.97 Å². The third-order valence-corrected chi connectivity index (χ3v) is 3.75. The topological polar surface area (TPSA) is 60.8 Å². The summed E-state index contributed by atoms with van der Waals surface area (Å²) in [7, 11) is 0. The van der Waals surface area contributed by atoms with Gasteiger partial charge in [0.1, 0.15) is 0 Å². The van der Waals surface area contributed by atoms with E-state index in [1.807, 2.05) is 0 Å². The second-order valence-electron chi connectivity index (χ2n) is 5.24. The molecule has 2 rings (SSSR count). The number of carboxylic acid groups (broad SMARTS) is 1. The van der Waals surface area contributed by atoms with Crippen LogP contribution in [0.4, 0.5) is 0 Å². The Morgan fingerprint density at radius 1 is 1.31 bits per heavy atom. The molecule has 92 valence electrons. The summed E-state index contributed by atoms with van der Waals surface area (Å²) in [5.41, 5.74) is 0. The number of aliphatic hydroxyl groups excluding tert-OH is 1. The van der Waals surface area contributed by atoms with Gasteiger partial charge in [-0.25, -0.2) is 0 Å². The van der Waals surface area contributed by atoms with E-state index in [0.717, 1.165) is 31.8 Å². The maximum atomic E-state index is 10.5. The molecule has 0 spiro atoms. The molecular weight excluding hydrogens is 206 g/mol. The minimum atomic E-state index is -0.732. The van der Waals surface area contributed by atoms with Gasteiger partial charge in [-0.15, -0.1) is 0 Å². The van der Waals surface area contributed by atoms with Crippen molar-refractivity contribution in [1.29, 1.82) is 0 Å². The second kappa shape index (κ2) is 5.15. The average Bonchev–Trinajstić information content (AvgIpc) is 3.03. The van der Waals surface area contributed by atoms with E-state index in [4.69, 9.17) is 5.11 Å². The van der Waals surface area contributed by atoms with Gasteiger partial charge in [0, 0.05) is 19.6 Å². The number of carboxylic acids is 1. The van der Waals surface area contributed by atoms with Gasteiger partial charge in [0.25, 0.3) is 0 Å². The van der Waals surface area contributed by atoms with Gasteiger partial charge in [-0.3, -0.25) is 4.79 Å². The molecule has 2 aliphatic rings. The number of hydrogen-bond donors (Lipinski definition) is 2. The van der Waals surface area contributed by atoms with Crippen LogP contribution < -0.4 is 0 Å². The highest BCUT2D eigenvalue weighted by Crippen LogP contribution is 2.37. The largest absolute Gasteiger partial charge is 0.481 e. The van der Waals surface area contributed by atoms with Crippen LogP contribution in [0.5, 0.6) is 0 Å². The Hall–Kier alpha value is -0.610. The van der Waals surface area contributed by atoms with E-state index in [1.54, 1.807) is 0 Å². The van der Waals surface area contributed by atoms with Gasteiger partial charge in [-0.2, -0.15) is 0 Å². The fraction of sp³-hybridized carbons (Fsp3) is 0.917. The highest BCUT2D eigenvalue weighted by atomic mass is 16.4. The van der Waals surface area contributed by atoms with Crippen molar-refractivity contribution in [1.82, 2.24) is 4.90 Å². The molecule has 0 unspecified atom stereocenters. The molecule has 0 amide bonds. The molecule has 0 aromatic carbocycles. The van der Waals surface area contributed by atoms with Gasteiger partial charge in [-0.05, 0) is 24.7 Å². The number of likely N-dealkylation sites (tertiary alicyclic amines) is 1. The fourth-order valence-electron chi connectivity index (χ4n) is 2.57. The summed E-state index contributed by atoms with van der Waals surface area (Å²) in [6.45, 7) is 2.35. The molecule has 16 heavy (non-hydrogen) atoms. The number of hydrogen-bond acceptors (Lipinski definition) is 3. The minimum absolute atomic E-state index is 0.165. The maximum Gasteiger partial charge on any atom is 0.304 e. The number of carbonyl (C=O) groups is 1. The van der Waals surface area contributed by atoms with Crippen molar-refractivity contribution in [2.45, 2.75) is 38.2 Å². The van der Waals surface area contributed by atoms with Crippen LogP contribution in [-0.2, 0) is 4.79 Å². The van der Waals surface area contributed by atoms with E-state index in [1.165, 1.54) is 12.8 Å². The number of aliphatic carboxylic acids is 1. The van der Waals surface area contributed by atoms with Crippen LogP contribution in [0.3, 0.4) is 0 Å². The van der Waals surface area contributed by atoms with E-state index in [9.17, 15) is 9.90 Å². The highest BCUT2D eigenvalue weighted by Gasteiger charge is 2.33. The Labute approximate surface area is 96.3 Å². The number of aliphatic hydroxyl groups is 1. The number of rotatable bonds is 5. The van der Waals surface area contributed by atoms with Crippen LogP contribution in [0.25, 0.3) is 0 Å². The Kier molecular flexibility index (Phi) is 3.82. The van der Waals surface area contributed by atoms with Crippen molar-refractivity contribution in [3.8, 4) is 0 Å². The summed E-state index contributed by atoms with van der Waals surface area (Å²) < 4.78 is 0. The van der Waals surface area contributed by atoms with Gasteiger partial charge in [0.05, 0.1) is 12.5 Å². The van der Waals surface area contributed by atoms with Gasteiger partial charge in [-0.1, -0.05) is 12.8 Å². The Morgan fingerprint density at radius 2 is 2.06 bits per heavy atom. The lowest BCUT2D eigenvalue weighted by molar-refractivity contribution is -0.137. The van der Waals surface area contributed by atoms with Gasteiger partial charge in [0.2, 0.25) is 0 Å². The summed E-state index contributed by atoms with van der Waals surface area (Å²) in [5.74, 6) is 0.471. The van der Waals surface area contributed by atoms with Crippen LogP contribution in [0.1, 0.15) is 32.1 Å². The van der Waals surface area contributed by atoms with Gasteiger partial charge < -0.3 is 15.1 Å². The first-order valence-corrected chi connectivity index (χ1v) is 6.27. The molecule has 1 aliphatic carbocycles. The first-order valence-electron chi connectivity index (χ1n) is 6.27. The Bertz CT molecular complexity index is 253. The number of nitrogens with zero attached hydrogens (tertiary/aromatic N) is 1. The van der Waals surface area contributed by atoms with Gasteiger partial charge >= 0.3 is 5.97 Å². The number of piperidine rings is 1. The summed E-state index contributed by atoms with van der Waals surface area (Å²) >= 11 is 0. The second-order valence-corrected chi connectivity index (χ2v) is 5.24. The first kappa shape index (κ1) is 11.9. The molecule has 1 saturated carbocycles. The van der Waals surface area contributed by atoms with Crippen molar-refractivity contribution in [3.63, 3.8) is 0 Å². The molecule has 4 heteroatoms. The molecule has 2 N–H and O–H groups in total. The molecule has 2 atom stereocenters. The Balaban J connectivity index is 1.76. The van der Waals surface area contributed by atoms with Crippen LogP contribution in [-0.4, -0.2) is 46.8 Å². The quantitative estimate of drug-likeness (QED) is 0.734. The van der Waals surface area contributed by atoms with Crippen molar-refractivity contribution < 1.29 is 15.0 Å². The molecular formula is C12H21NO3. The van der Waals surface area contributed by atoms with Crippen LogP contribution in [0.15, 0.2) is 0 Å². The SMILES string of the molecule is O=C(O)CCN1CC[C@@H](O)[C@@H](CC2CC2)C1. The van der Waals surface area contributed by atoms with E-state index in [2.05, 4.69) is 4.90 Å². The highest BCUT2D eigenvalue weighted by molar-refractivity contribution is 5.66. The van der Waals surface area contributed by atoms with Crippen molar-refractivity contribution in [2.24, 2.45) is 11.8 Å². The molecule has 2 fully saturated rings. The average molecular weight is 227 g/mol. The molecule has 0 bridgehead atoms. The Morgan fingerprint density at radius 3 is 2.69 bits per heavy atom. The summed E-state index contributed by atoms with van der Waals surface area (Å²) in [6, 6.07) is 0. The van der Waals surface area contributed by atoms with E-state index >= 15 is 0 Å². The normalized spacial score (nSPS) is 31.6. The molecule has 0 aromatic rings. The lowest BCUT2D eigenvalue weighted by Gasteiger charge is -2.36. The third-order valence-electron chi connectivity index (χ3n) is 3.75. The standard InChI is InChI=1S/C12H21NO3/c14-11-3-5-13(6-4-12(15)16)8-10(11)7-9-1-2-9/h9-11,14H,1-8H2,(H,15,16)/t10-,11+/m0/s1. The van der Waals surface area contributed by atoms with Crippen molar-refractivity contribution in [2.75, 3.05) is 19.6 Å².